The van der Waals surface area contributed by atoms with Crippen molar-refractivity contribution in [2.75, 3.05) is 18.5 Å². The topological polar surface area (TPSA) is 141 Å². The van der Waals surface area contributed by atoms with E-state index in [2.05, 4.69) is 15.3 Å². The lowest BCUT2D eigenvalue weighted by atomic mass is 10.0. The van der Waals surface area contributed by atoms with E-state index in [1.165, 1.54) is 12.6 Å². The molecule has 2 aromatic rings. The first kappa shape index (κ1) is 16.1. The van der Waals surface area contributed by atoms with Crippen molar-refractivity contribution in [3.63, 3.8) is 0 Å². The number of hydrogen-bond donors (Lipinski definition) is 5. The first-order valence-electron chi connectivity index (χ1n) is 7.28. The molecule has 23 heavy (non-hydrogen) atoms. The van der Waals surface area contributed by atoms with E-state index in [0.717, 1.165) is 0 Å². The predicted octanol–water partition coefficient (Wildman–Crippen LogP) is -0.831. The molecule has 2 unspecified atom stereocenters. The smallest absolute Gasteiger partial charge is 0.194 e. The van der Waals surface area contributed by atoms with Crippen LogP contribution < -0.4 is 5.32 Å². The third-order valence-corrected chi connectivity index (χ3v) is 3.89. The zero-order valence-electron chi connectivity index (χ0n) is 12.5. The molecular formula is C14H19N3O6. The van der Waals surface area contributed by atoms with Gasteiger partial charge in [0.15, 0.2) is 11.4 Å². The van der Waals surface area contributed by atoms with Gasteiger partial charge in [0.05, 0.1) is 19.5 Å². The number of rotatable bonds is 5. The van der Waals surface area contributed by atoms with Crippen LogP contribution in [0.2, 0.25) is 0 Å². The average Bonchev–Trinajstić information content (AvgIpc) is 3.10. The lowest BCUT2D eigenvalue weighted by Crippen LogP contribution is -2.32. The zero-order chi connectivity index (χ0) is 16.6. The van der Waals surface area contributed by atoms with Gasteiger partial charge in [-0.15, -0.1) is 0 Å². The number of hydrogen-bond acceptors (Lipinski definition) is 9. The molecule has 0 aromatic carbocycles. The first-order valence-corrected chi connectivity index (χ1v) is 7.28. The Morgan fingerprint density at radius 2 is 2.04 bits per heavy atom. The molecule has 1 aliphatic rings. The van der Waals surface area contributed by atoms with Crippen LogP contribution in [0.4, 0.5) is 5.82 Å². The Hall–Kier alpha value is -1.78. The van der Waals surface area contributed by atoms with Crippen LogP contribution in [0.25, 0.3) is 11.1 Å². The highest BCUT2D eigenvalue weighted by molar-refractivity contribution is 5.86. The second-order valence-electron chi connectivity index (χ2n) is 5.58. The molecule has 9 heteroatoms. The van der Waals surface area contributed by atoms with Crippen LogP contribution >= 0.6 is 0 Å². The maximum atomic E-state index is 10.1. The standard InChI is InChI=1S/C14H19N3O6/c1-6(2-18)17-14-13-9(15-5-16-14)7(4-22-13)12-11(21)10(20)8(3-19)23-12/h4-6,8,10-12,18-21H,2-3H2,1H3,(H,15,16,17)/t6?,8-,10-,11-,12?/m1/s1. The van der Waals surface area contributed by atoms with E-state index in [1.807, 2.05) is 0 Å². The maximum Gasteiger partial charge on any atom is 0.194 e. The minimum absolute atomic E-state index is 0.0755. The highest BCUT2D eigenvalue weighted by atomic mass is 16.6. The lowest BCUT2D eigenvalue weighted by molar-refractivity contribution is -0.0226. The molecule has 0 radical (unpaired) electrons. The minimum atomic E-state index is -1.20. The molecule has 9 nitrogen and oxygen atoms in total. The molecule has 1 saturated heterocycles. The van der Waals surface area contributed by atoms with Crippen LogP contribution in [0.3, 0.4) is 0 Å². The fourth-order valence-corrected chi connectivity index (χ4v) is 2.61. The molecule has 5 N–H and O–H groups in total. The summed E-state index contributed by atoms with van der Waals surface area (Å²) in [5.74, 6) is 0.412. The van der Waals surface area contributed by atoms with Gasteiger partial charge in [-0.1, -0.05) is 0 Å². The van der Waals surface area contributed by atoms with Crippen molar-refractivity contribution < 1.29 is 29.6 Å². The molecule has 0 spiro atoms. The molecule has 5 atom stereocenters. The van der Waals surface area contributed by atoms with E-state index in [-0.39, 0.29) is 12.6 Å². The molecule has 0 amide bonds. The van der Waals surface area contributed by atoms with Crippen molar-refractivity contribution >= 4 is 16.9 Å². The van der Waals surface area contributed by atoms with Gasteiger partial charge in [-0.2, -0.15) is 0 Å². The lowest BCUT2D eigenvalue weighted by Gasteiger charge is -2.13. The van der Waals surface area contributed by atoms with Crippen molar-refractivity contribution in [1.29, 1.82) is 0 Å². The molecule has 0 bridgehead atoms. The number of nitrogens with one attached hydrogen (secondary N) is 1. The third kappa shape index (κ3) is 2.77. The molecule has 1 fully saturated rings. The van der Waals surface area contributed by atoms with Gasteiger partial charge in [-0.05, 0) is 6.92 Å². The first-order chi connectivity index (χ1) is 11.1. The number of anilines is 1. The Bertz CT molecular complexity index is 678. The Morgan fingerprint density at radius 1 is 1.26 bits per heavy atom. The number of fused-ring (bicyclic) bond motifs is 1. The fraction of sp³-hybridized carbons (Fsp3) is 0.571. The zero-order valence-corrected chi connectivity index (χ0v) is 12.5. The molecule has 0 aliphatic carbocycles. The third-order valence-electron chi connectivity index (χ3n) is 3.89. The molecule has 2 aromatic heterocycles. The van der Waals surface area contributed by atoms with Crippen LogP contribution in [-0.2, 0) is 4.74 Å². The van der Waals surface area contributed by atoms with Crippen LogP contribution in [-0.4, -0.2) is 68.0 Å². The summed E-state index contributed by atoms with van der Waals surface area (Å²) in [7, 11) is 0. The summed E-state index contributed by atoms with van der Waals surface area (Å²) in [4.78, 5) is 8.23. The van der Waals surface area contributed by atoms with Gasteiger partial charge in [0, 0.05) is 11.6 Å². The fourth-order valence-electron chi connectivity index (χ4n) is 2.61. The van der Waals surface area contributed by atoms with Gasteiger partial charge in [-0.3, -0.25) is 0 Å². The number of aliphatic hydroxyl groups is 4. The van der Waals surface area contributed by atoms with Crippen molar-refractivity contribution in [3.05, 3.63) is 18.2 Å². The van der Waals surface area contributed by atoms with E-state index in [4.69, 9.17) is 14.3 Å². The molecular weight excluding hydrogens is 306 g/mol. The second kappa shape index (κ2) is 6.38. The summed E-state index contributed by atoms with van der Waals surface area (Å²) < 4.78 is 11.0. The minimum Gasteiger partial charge on any atom is -0.458 e. The largest absolute Gasteiger partial charge is 0.458 e. The molecule has 126 valence electrons. The van der Waals surface area contributed by atoms with Gasteiger partial charge in [0.2, 0.25) is 0 Å². The summed E-state index contributed by atoms with van der Waals surface area (Å²) in [5, 5.41) is 41.3. The van der Waals surface area contributed by atoms with Gasteiger partial charge >= 0.3 is 0 Å². The number of aliphatic hydroxyl groups excluding tert-OH is 4. The second-order valence-corrected chi connectivity index (χ2v) is 5.58. The normalized spacial score (nSPS) is 29.1. The number of nitrogens with zero attached hydrogens (tertiary/aromatic N) is 2. The molecule has 3 rings (SSSR count). The summed E-state index contributed by atoms with van der Waals surface area (Å²) in [6.07, 6.45) is -1.40. The summed E-state index contributed by atoms with van der Waals surface area (Å²) in [6.45, 7) is 1.30. The van der Waals surface area contributed by atoms with Crippen molar-refractivity contribution in [3.8, 4) is 0 Å². The molecule has 3 heterocycles. The Kier molecular flexibility index (Phi) is 4.46. The Morgan fingerprint density at radius 3 is 2.70 bits per heavy atom. The van der Waals surface area contributed by atoms with E-state index >= 15 is 0 Å². The van der Waals surface area contributed by atoms with Crippen LogP contribution in [0, 0.1) is 0 Å². The van der Waals surface area contributed by atoms with E-state index < -0.39 is 31.0 Å². The monoisotopic (exact) mass is 325 g/mol. The quantitative estimate of drug-likeness (QED) is 0.476. The van der Waals surface area contributed by atoms with Crippen LogP contribution in [0.5, 0.6) is 0 Å². The number of ether oxygens (including phenoxy) is 1. The number of aromatic nitrogens is 2. The van der Waals surface area contributed by atoms with E-state index in [9.17, 15) is 15.3 Å². The Labute approximate surface area is 131 Å². The van der Waals surface area contributed by atoms with Gasteiger partial charge in [0.1, 0.15) is 36.3 Å². The summed E-state index contributed by atoms with van der Waals surface area (Å²) in [5.41, 5.74) is 1.26. The average molecular weight is 325 g/mol. The van der Waals surface area contributed by atoms with Crippen molar-refractivity contribution in [1.82, 2.24) is 9.97 Å². The summed E-state index contributed by atoms with van der Waals surface area (Å²) in [6, 6.07) is -0.226. The highest BCUT2D eigenvalue weighted by Crippen LogP contribution is 2.38. The van der Waals surface area contributed by atoms with Crippen molar-refractivity contribution in [2.45, 2.75) is 37.4 Å². The summed E-state index contributed by atoms with van der Waals surface area (Å²) >= 11 is 0. The maximum absolute atomic E-state index is 10.1. The van der Waals surface area contributed by atoms with Gasteiger partial charge < -0.3 is 34.9 Å². The van der Waals surface area contributed by atoms with Crippen molar-refractivity contribution in [2.24, 2.45) is 0 Å². The van der Waals surface area contributed by atoms with Crippen LogP contribution in [0.1, 0.15) is 18.6 Å². The van der Waals surface area contributed by atoms with Gasteiger partial charge in [0.25, 0.3) is 0 Å². The van der Waals surface area contributed by atoms with Gasteiger partial charge in [-0.25, -0.2) is 9.97 Å². The SMILES string of the molecule is CC(CO)Nc1ncnc2c(C3O[C@H](CO)[C@@H](O)[C@H]3O)coc12. The number of furan rings is 1. The Balaban J connectivity index is 1.96. The molecule has 1 aliphatic heterocycles. The molecule has 0 saturated carbocycles. The highest BCUT2D eigenvalue weighted by Gasteiger charge is 2.44. The van der Waals surface area contributed by atoms with Crippen LogP contribution in [0.15, 0.2) is 17.0 Å². The van der Waals surface area contributed by atoms with E-state index in [1.54, 1.807) is 6.92 Å². The predicted molar refractivity (Wildman–Crippen MR) is 78.7 cm³/mol. The van der Waals surface area contributed by atoms with E-state index in [0.29, 0.717) is 22.5 Å².